The Morgan fingerprint density at radius 2 is 1.48 bits per heavy atom. The van der Waals surface area contributed by atoms with Gasteiger partial charge in [0.2, 0.25) is 29.5 Å². The van der Waals surface area contributed by atoms with E-state index in [2.05, 4.69) is 56.5 Å². The van der Waals surface area contributed by atoms with Gasteiger partial charge in [-0.2, -0.15) is 0 Å². The Morgan fingerprint density at radius 1 is 0.800 bits per heavy atom. The molecule has 496 valence electrons. The largest absolute Gasteiger partial charge is 0.476 e. The number of aromatic amines is 1. The van der Waals surface area contributed by atoms with Crippen LogP contribution in [0.5, 0.6) is 0 Å². The van der Waals surface area contributed by atoms with Gasteiger partial charge in [0.25, 0.3) is 5.91 Å². The number of hydrogen-bond donors (Lipinski definition) is 20. The van der Waals surface area contributed by atoms with Crippen LogP contribution < -0.4 is 55.3 Å². The standard InChI is InChI=1S/C50H72N16O22S2/c1-15-28(63-41(66-39(15)53)20(7-26(52)70)58-8-19(51)40(54)76)44(79)65-30(36(21-9-56-14-59-21)86-49-38(34(74)32(72)24(10-67)85-49)87-48-35(75)37(88-50(55)83)33(73)25(11-68)84-48)45(80)60-17(3)31(71)16(2)42(77)64-29(18(4)69)43(78)57-6-5-27-61-22(12-89-27)46-62-23(13-90-46)47(81)82/h9,12-14,16-20,24-25,29-38,48-49,58,67-69,71-75H,5-8,10-11,51H2,1-4H3,(H2,52,70)(H2,54,76)(H2,55,83)(H,56,59)(H,57,78)(H,60,80)(H,64,77)(H,65,79)(H,81,82)(H2,53,63,66). The maximum absolute atomic E-state index is 15.1. The van der Waals surface area contributed by atoms with Gasteiger partial charge in [-0.05, 0) is 20.8 Å². The number of nitrogens with two attached hydrogens (primary N) is 5. The number of carbonyl (C=O) groups is 8. The number of rotatable bonds is 31. The number of nitrogens with zero attached hydrogens (tertiary/aromatic N) is 5. The molecule has 25 N–H and O–H groups in total. The molecule has 0 bridgehead atoms. The molecular formula is C50H72N16O22S2. The Labute approximate surface area is 517 Å². The molecule has 2 aliphatic rings. The normalized spacial score (nSPS) is 24.8. The van der Waals surface area contributed by atoms with Crippen LogP contribution in [0.25, 0.3) is 10.7 Å². The van der Waals surface area contributed by atoms with E-state index in [1.165, 1.54) is 44.4 Å². The first-order chi connectivity index (χ1) is 42.5. The zero-order valence-electron chi connectivity index (χ0n) is 48.3. The lowest BCUT2D eigenvalue weighted by Crippen LogP contribution is -2.65. The third-order valence-corrected chi connectivity index (χ3v) is 16.0. The number of thiazole rings is 2. The van der Waals surface area contributed by atoms with Gasteiger partial charge >= 0.3 is 12.1 Å². The van der Waals surface area contributed by atoms with Gasteiger partial charge < -0.3 is 130 Å². The van der Waals surface area contributed by atoms with Crippen molar-refractivity contribution in [3.05, 3.63) is 56.8 Å². The lowest BCUT2D eigenvalue weighted by Gasteiger charge is -2.47. The number of anilines is 1. The van der Waals surface area contributed by atoms with Crippen molar-refractivity contribution in [3.8, 4) is 10.7 Å². The average molecular weight is 1310 g/mol. The number of aromatic carboxylic acids is 1. The molecule has 6 rings (SSSR count). The highest BCUT2D eigenvalue weighted by Gasteiger charge is 2.54. The highest BCUT2D eigenvalue weighted by Crippen LogP contribution is 2.35. The summed E-state index contributed by atoms with van der Waals surface area (Å²) in [6.07, 6.45) is -25.2. The monoisotopic (exact) mass is 1310 g/mol. The number of amides is 7. The molecule has 2 aliphatic heterocycles. The number of carboxylic acid groups (broad SMARTS) is 1. The van der Waals surface area contributed by atoms with E-state index in [-0.39, 0.29) is 48.1 Å². The summed E-state index contributed by atoms with van der Waals surface area (Å²) in [6, 6.07) is -7.88. The quantitative estimate of drug-likeness (QED) is 0.0222. The SMILES string of the molecule is Cc1c(N)nc(C(CC(N)=O)NCC(N)C(N)=O)nc1C(=O)NC(C(=O)NC(C)C(O)C(C)C(=O)NC(C(=O)NCCc1nc(-c2nc(C(=O)O)cs2)cs1)C(C)O)C(OC1OC(CO)C(O)C(O)C1OC1OC(CO)C(O)C(OC(N)=O)C1O)c1cnc[nH]1. The van der Waals surface area contributed by atoms with Crippen LogP contribution in [0.2, 0.25) is 0 Å². The number of ether oxygens (including phenoxy) is 5. The van der Waals surface area contributed by atoms with Crippen molar-refractivity contribution >= 4 is 76.0 Å². The summed E-state index contributed by atoms with van der Waals surface area (Å²) in [7, 11) is 0. The lowest BCUT2D eigenvalue weighted by molar-refractivity contribution is -0.372. The molecule has 19 atom stereocenters. The minimum absolute atomic E-state index is 0.0370. The van der Waals surface area contributed by atoms with Crippen LogP contribution in [-0.4, -0.2) is 247 Å². The number of aromatic nitrogens is 6. The number of carbonyl (C=O) groups excluding carboxylic acids is 7. The molecule has 2 fully saturated rings. The Hall–Kier alpha value is -7.65. The van der Waals surface area contributed by atoms with Gasteiger partial charge in [-0.1, -0.05) is 6.92 Å². The number of imidazole rings is 1. The van der Waals surface area contributed by atoms with Gasteiger partial charge in [0.1, 0.15) is 89.0 Å². The summed E-state index contributed by atoms with van der Waals surface area (Å²) in [5.74, 6) is -9.68. The van der Waals surface area contributed by atoms with E-state index in [1.807, 2.05) is 0 Å². The van der Waals surface area contributed by atoms with E-state index >= 15 is 4.79 Å². The molecule has 2 saturated heterocycles. The van der Waals surface area contributed by atoms with Crippen molar-refractivity contribution in [2.24, 2.45) is 28.9 Å². The molecule has 4 aromatic rings. The molecule has 38 nitrogen and oxygen atoms in total. The highest BCUT2D eigenvalue weighted by molar-refractivity contribution is 7.14. The van der Waals surface area contributed by atoms with E-state index in [0.29, 0.717) is 15.7 Å². The van der Waals surface area contributed by atoms with Crippen LogP contribution in [0.15, 0.2) is 23.3 Å². The first-order valence-electron chi connectivity index (χ1n) is 27.4. The van der Waals surface area contributed by atoms with Gasteiger partial charge in [-0.25, -0.2) is 34.5 Å². The summed E-state index contributed by atoms with van der Waals surface area (Å²) in [4.78, 5) is 128. The van der Waals surface area contributed by atoms with Crippen molar-refractivity contribution < 1.29 is 108 Å². The summed E-state index contributed by atoms with van der Waals surface area (Å²) in [5.41, 5.74) is 27.5. The van der Waals surface area contributed by atoms with Crippen LogP contribution in [-0.2, 0) is 54.1 Å². The molecule has 0 aromatic carbocycles. The topological polar surface area (TPSA) is 635 Å². The molecule has 0 spiro atoms. The molecule has 4 aromatic heterocycles. The van der Waals surface area contributed by atoms with E-state index in [0.717, 1.165) is 23.9 Å². The molecule has 40 heteroatoms. The van der Waals surface area contributed by atoms with Crippen LogP contribution in [0.1, 0.15) is 82.4 Å². The summed E-state index contributed by atoms with van der Waals surface area (Å²) >= 11 is 2.29. The van der Waals surface area contributed by atoms with Crippen molar-refractivity contribution in [2.45, 2.75) is 150 Å². The van der Waals surface area contributed by atoms with Crippen molar-refractivity contribution in [3.63, 3.8) is 0 Å². The Bertz CT molecular complexity index is 3140. The number of nitrogen functional groups attached to an aromatic ring is 1. The van der Waals surface area contributed by atoms with Gasteiger partial charge in [-0.3, -0.25) is 28.8 Å². The molecular weight excluding hydrogens is 1240 g/mol. The maximum Gasteiger partial charge on any atom is 0.404 e. The number of primary amides is 3. The number of aliphatic hydroxyl groups is 8. The molecule has 0 saturated carbocycles. The lowest BCUT2D eigenvalue weighted by atomic mass is 9.96. The Morgan fingerprint density at radius 3 is 2.08 bits per heavy atom. The smallest absolute Gasteiger partial charge is 0.404 e. The first kappa shape index (κ1) is 71.4. The number of nitrogens with one attached hydrogen (secondary N) is 6. The predicted octanol–water partition coefficient (Wildman–Crippen LogP) is -8.00. The molecule has 6 heterocycles. The third-order valence-electron chi connectivity index (χ3n) is 14.3. The first-order valence-corrected chi connectivity index (χ1v) is 29.1. The van der Waals surface area contributed by atoms with Gasteiger partial charge in [0, 0.05) is 42.3 Å². The van der Waals surface area contributed by atoms with Gasteiger partial charge in [0.15, 0.2) is 24.4 Å². The zero-order chi connectivity index (χ0) is 66.6. The van der Waals surface area contributed by atoms with Crippen LogP contribution in [0.3, 0.4) is 0 Å². The van der Waals surface area contributed by atoms with Crippen molar-refractivity contribution in [1.82, 2.24) is 56.5 Å². The van der Waals surface area contributed by atoms with E-state index in [1.54, 1.807) is 5.38 Å². The number of aliphatic hydroxyl groups excluding tert-OH is 8. The van der Waals surface area contributed by atoms with E-state index < -0.39 is 189 Å². The highest BCUT2D eigenvalue weighted by atomic mass is 32.1. The molecule has 7 amide bonds. The van der Waals surface area contributed by atoms with Gasteiger partial charge in [-0.15, -0.1) is 22.7 Å². The van der Waals surface area contributed by atoms with Crippen LogP contribution >= 0.6 is 22.7 Å². The van der Waals surface area contributed by atoms with E-state index in [4.69, 9.17) is 52.4 Å². The molecule has 19 unspecified atom stereocenters. The van der Waals surface area contributed by atoms with E-state index in [9.17, 15) is 79.5 Å². The fourth-order valence-electron chi connectivity index (χ4n) is 9.14. The summed E-state index contributed by atoms with van der Waals surface area (Å²) < 4.78 is 28.6. The molecule has 90 heavy (non-hydrogen) atoms. The molecule has 0 aliphatic carbocycles. The third kappa shape index (κ3) is 17.9. The number of H-pyrrole nitrogens is 1. The summed E-state index contributed by atoms with van der Waals surface area (Å²) in [6.45, 7) is 2.55. The Balaban J connectivity index is 1.31. The van der Waals surface area contributed by atoms with Crippen LogP contribution in [0.4, 0.5) is 10.6 Å². The second kappa shape index (κ2) is 31.9. The second-order valence-corrected chi connectivity index (χ2v) is 22.6. The average Bonchev–Trinajstić information content (AvgIpc) is 0.905. The minimum Gasteiger partial charge on any atom is -0.476 e. The fraction of sp³-hybridized carbons (Fsp3) is 0.580. The predicted molar refractivity (Wildman–Crippen MR) is 305 cm³/mol. The van der Waals surface area contributed by atoms with Crippen molar-refractivity contribution in [2.75, 3.05) is 32.0 Å². The number of hydrogen-bond acceptors (Lipinski definition) is 31. The Kier molecular flexibility index (Phi) is 25.3. The maximum atomic E-state index is 15.1. The number of carboxylic acids is 1. The van der Waals surface area contributed by atoms with Crippen molar-refractivity contribution in [1.29, 1.82) is 0 Å². The second-order valence-electron chi connectivity index (χ2n) is 20.8. The van der Waals surface area contributed by atoms with Gasteiger partial charge in [0.05, 0.1) is 72.7 Å². The fourth-order valence-corrected chi connectivity index (χ4v) is 10.7. The zero-order valence-corrected chi connectivity index (χ0v) is 49.9. The molecule has 0 radical (unpaired) electrons. The summed E-state index contributed by atoms with van der Waals surface area (Å²) in [5, 5.41) is 113. The minimum atomic E-state index is -2.20. The van der Waals surface area contributed by atoms with Crippen LogP contribution in [0, 0.1) is 12.8 Å².